The van der Waals surface area contributed by atoms with Crippen LogP contribution in [-0.2, 0) is 6.18 Å². The zero-order valence-electron chi connectivity index (χ0n) is 17.6. The lowest BCUT2D eigenvalue weighted by Gasteiger charge is -2.15. The van der Waals surface area contributed by atoms with E-state index in [0.717, 1.165) is 28.1 Å². The van der Waals surface area contributed by atoms with Gasteiger partial charge < -0.3 is 5.11 Å². The Balaban J connectivity index is 1.86. The number of hydrogen-bond donors (Lipinski definition) is 2. The van der Waals surface area contributed by atoms with Gasteiger partial charge in [0.2, 0.25) is 11.8 Å². The van der Waals surface area contributed by atoms with E-state index in [-0.39, 0.29) is 22.6 Å². The molecule has 33 heavy (non-hydrogen) atoms. The monoisotopic (exact) mass is 453 g/mol. The average molecular weight is 453 g/mol. The third kappa shape index (κ3) is 4.40. The first-order chi connectivity index (χ1) is 15.6. The van der Waals surface area contributed by atoms with E-state index in [1.165, 1.54) is 24.4 Å². The minimum atomic E-state index is -4.60. The summed E-state index contributed by atoms with van der Waals surface area (Å²) in [7, 11) is 0. The number of alkyl halides is 3. The zero-order valence-corrected chi connectivity index (χ0v) is 17.6. The standard InChI is InChI=1S/C23H18F3N5O2/c1-13-10-14(2)29-22(28-13)30-27-12-19-17-8-3-4-9-18(17)20(32)31(21(19)33)16-7-5-6-15(11-16)23(24,25)26/h3-12,33H,1-2H3,(H,28,29,30)/b27-12+. The van der Waals surface area contributed by atoms with E-state index in [9.17, 15) is 23.1 Å². The molecule has 0 saturated carbocycles. The zero-order chi connectivity index (χ0) is 23.8. The molecule has 2 heterocycles. The number of nitrogens with one attached hydrogen (secondary N) is 1. The molecule has 7 nitrogen and oxygen atoms in total. The van der Waals surface area contributed by atoms with Crippen LogP contribution in [0.1, 0.15) is 22.5 Å². The van der Waals surface area contributed by atoms with Crippen LogP contribution in [0.25, 0.3) is 16.5 Å². The summed E-state index contributed by atoms with van der Waals surface area (Å²) in [6.07, 6.45) is -3.34. The molecule has 0 unspecified atom stereocenters. The fraction of sp³-hybridized carbons (Fsp3) is 0.130. The Kier molecular flexibility index (Phi) is 5.59. The van der Waals surface area contributed by atoms with Crippen molar-refractivity contribution in [2.45, 2.75) is 20.0 Å². The number of halogens is 3. The molecule has 10 heteroatoms. The second kappa shape index (κ2) is 8.38. The Labute approximate surface area is 185 Å². The van der Waals surface area contributed by atoms with Crippen LogP contribution in [0.2, 0.25) is 0 Å². The molecule has 0 radical (unpaired) electrons. The first-order valence-corrected chi connectivity index (χ1v) is 9.81. The van der Waals surface area contributed by atoms with E-state index < -0.39 is 23.2 Å². The summed E-state index contributed by atoms with van der Waals surface area (Å²) in [6.45, 7) is 3.60. The van der Waals surface area contributed by atoms with Gasteiger partial charge in [0.1, 0.15) is 0 Å². The molecular formula is C23H18F3N5O2. The highest BCUT2D eigenvalue weighted by atomic mass is 19.4. The fourth-order valence-corrected chi connectivity index (χ4v) is 3.48. The van der Waals surface area contributed by atoms with Crippen LogP contribution in [0.3, 0.4) is 0 Å². The van der Waals surface area contributed by atoms with Gasteiger partial charge in [0, 0.05) is 22.2 Å². The predicted octanol–water partition coefficient (Wildman–Crippen LogP) is 4.57. The highest BCUT2D eigenvalue weighted by Crippen LogP contribution is 2.32. The minimum absolute atomic E-state index is 0.127. The van der Waals surface area contributed by atoms with Crippen LogP contribution in [0.15, 0.2) is 64.5 Å². The van der Waals surface area contributed by atoms with Crippen molar-refractivity contribution in [3.8, 4) is 11.6 Å². The second-order valence-electron chi connectivity index (χ2n) is 7.32. The van der Waals surface area contributed by atoms with Gasteiger partial charge in [-0.2, -0.15) is 18.3 Å². The first kappa shape index (κ1) is 22.0. The predicted molar refractivity (Wildman–Crippen MR) is 119 cm³/mol. The lowest BCUT2D eigenvalue weighted by molar-refractivity contribution is -0.137. The molecule has 2 N–H and O–H groups in total. The number of aromatic nitrogens is 3. The fourth-order valence-electron chi connectivity index (χ4n) is 3.48. The number of pyridine rings is 1. The number of hydrogen-bond acceptors (Lipinski definition) is 6. The SMILES string of the molecule is Cc1cc(C)nc(N/N=C/c2c(O)n(-c3cccc(C(F)(F)F)c3)c(=O)c3ccccc23)n1. The van der Waals surface area contributed by atoms with Crippen molar-refractivity contribution in [3.05, 3.63) is 87.5 Å². The average Bonchev–Trinajstić information content (AvgIpc) is 2.75. The third-order valence-electron chi connectivity index (χ3n) is 4.88. The summed E-state index contributed by atoms with van der Waals surface area (Å²) >= 11 is 0. The van der Waals surface area contributed by atoms with Gasteiger partial charge in [-0.15, -0.1) is 0 Å². The normalized spacial score (nSPS) is 11.9. The molecule has 0 saturated heterocycles. The van der Waals surface area contributed by atoms with Crippen molar-refractivity contribution in [1.29, 1.82) is 0 Å². The quantitative estimate of drug-likeness (QED) is 0.349. The lowest BCUT2D eigenvalue weighted by Crippen LogP contribution is -2.20. The number of nitrogens with zero attached hydrogens (tertiary/aromatic N) is 4. The molecule has 4 rings (SSSR count). The van der Waals surface area contributed by atoms with Crippen molar-refractivity contribution in [2.75, 3.05) is 5.43 Å². The van der Waals surface area contributed by atoms with Gasteiger partial charge in [-0.1, -0.05) is 24.3 Å². The number of aryl methyl sites for hydroxylation is 2. The van der Waals surface area contributed by atoms with Gasteiger partial charge in [0.05, 0.1) is 23.0 Å². The highest BCUT2D eigenvalue weighted by Gasteiger charge is 2.31. The summed E-state index contributed by atoms with van der Waals surface area (Å²) in [5.74, 6) is -0.316. The van der Waals surface area contributed by atoms with Crippen molar-refractivity contribution < 1.29 is 18.3 Å². The Morgan fingerprint density at radius 1 is 1.00 bits per heavy atom. The minimum Gasteiger partial charge on any atom is -0.494 e. The van der Waals surface area contributed by atoms with Crippen LogP contribution in [0.4, 0.5) is 19.1 Å². The summed E-state index contributed by atoms with van der Waals surface area (Å²) in [4.78, 5) is 21.5. The van der Waals surface area contributed by atoms with Gasteiger partial charge in [-0.3, -0.25) is 4.79 Å². The number of hydrazone groups is 1. The number of benzene rings is 2. The van der Waals surface area contributed by atoms with Crippen molar-refractivity contribution in [3.63, 3.8) is 0 Å². The largest absolute Gasteiger partial charge is 0.494 e. The Hall–Kier alpha value is -4.21. The van der Waals surface area contributed by atoms with E-state index in [1.54, 1.807) is 38.1 Å². The highest BCUT2D eigenvalue weighted by molar-refractivity contribution is 6.01. The number of anilines is 1. The maximum atomic E-state index is 13.2. The molecule has 168 valence electrons. The molecule has 0 amide bonds. The Bertz CT molecular complexity index is 1420. The Morgan fingerprint density at radius 3 is 2.33 bits per heavy atom. The van der Waals surface area contributed by atoms with Crippen molar-refractivity contribution >= 4 is 22.9 Å². The van der Waals surface area contributed by atoms with Crippen molar-refractivity contribution in [1.82, 2.24) is 14.5 Å². The summed E-state index contributed by atoms with van der Waals surface area (Å²) in [5.41, 5.74) is 2.53. The Morgan fingerprint density at radius 2 is 1.67 bits per heavy atom. The van der Waals surface area contributed by atoms with E-state index >= 15 is 0 Å². The maximum absolute atomic E-state index is 13.2. The molecule has 0 fully saturated rings. The van der Waals surface area contributed by atoms with Crippen LogP contribution in [0.5, 0.6) is 5.88 Å². The molecular weight excluding hydrogens is 435 g/mol. The molecule has 0 bridgehead atoms. The molecule has 0 aliphatic carbocycles. The van der Waals surface area contributed by atoms with E-state index in [2.05, 4.69) is 20.5 Å². The molecule has 0 atom stereocenters. The third-order valence-corrected chi connectivity index (χ3v) is 4.88. The van der Waals surface area contributed by atoms with Crippen LogP contribution in [0, 0.1) is 13.8 Å². The first-order valence-electron chi connectivity index (χ1n) is 9.81. The van der Waals surface area contributed by atoms with Crippen molar-refractivity contribution in [2.24, 2.45) is 5.10 Å². The summed E-state index contributed by atoms with van der Waals surface area (Å²) in [5, 5.41) is 15.6. The molecule has 4 aromatic rings. The van der Waals surface area contributed by atoms with Crippen LogP contribution >= 0.6 is 0 Å². The molecule has 0 aliphatic rings. The second-order valence-corrected chi connectivity index (χ2v) is 7.32. The van der Waals surface area contributed by atoms with Gasteiger partial charge >= 0.3 is 6.18 Å². The molecule has 2 aromatic carbocycles. The van der Waals surface area contributed by atoms with Gasteiger partial charge in [0.15, 0.2) is 0 Å². The smallest absolute Gasteiger partial charge is 0.416 e. The topological polar surface area (TPSA) is 92.4 Å². The van der Waals surface area contributed by atoms with E-state index in [1.807, 2.05) is 0 Å². The van der Waals surface area contributed by atoms with Gasteiger partial charge in [-0.05, 0) is 44.2 Å². The summed E-state index contributed by atoms with van der Waals surface area (Å²) in [6, 6.07) is 12.4. The molecule has 0 aliphatic heterocycles. The van der Waals surface area contributed by atoms with Crippen LogP contribution < -0.4 is 11.0 Å². The van der Waals surface area contributed by atoms with Gasteiger partial charge in [0.25, 0.3) is 5.56 Å². The molecule has 2 aromatic heterocycles. The van der Waals surface area contributed by atoms with E-state index in [4.69, 9.17) is 0 Å². The number of rotatable bonds is 4. The van der Waals surface area contributed by atoms with Gasteiger partial charge in [-0.25, -0.2) is 20.0 Å². The van der Waals surface area contributed by atoms with E-state index in [0.29, 0.717) is 5.39 Å². The lowest BCUT2D eigenvalue weighted by atomic mass is 10.1. The molecule has 0 spiro atoms. The summed E-state index contributed by atoms with van der Waals surface area (Å²) < 4.78 is 40.5. The van der Waals surface area contributed by atoms with Crippen LogP contribution in [-0.4, -0.2) is 25.9 Å². The maximum Gasteiger partial charge on any atom is 0.416 e. The number of aromatic hydroxyl groups is 1. The number of fused-ring (bicyclic) bond motifs is 1.